The fourth-order valence-corrected chi connectivity index (χ4v) is 4.16. The van der Waals surface area contributed by atoms with Crippen LogP contribution in [0.5, 0.6) is 0 Å². The van der Waals surface area contributed by atoms with Gasteiger partial charge in [-0.05, 0) is 36.8 Å². The van der Waals surface area contributed by atoms with E-state index in [0.717, 1.165) is 12.8 Å². The first-order chi connectivity index (χ1) is 9.53. The highest BCUT2D eigenvalue weighted by atomic mass is 32.2. The Morgan fingerprint density at radius 3 is 2.75 bits per heavy atom. The van der Waals surface area contributed by atoms with E-state index in [-0.39, 0.29) is 4.90 Å². The first kappa shape index (κ1) is 15.3. The highest BCUT2D eigenvalue weighted by molar-refractivity contribution is 7.89. The number of sulfonamides is 1. The highest BCUT2D eigenvalue weighted by Crippen LogP contribution is 2.28. The second-order valence-electron chi connectivity index (χ2n) is 5.63. The molecule has 1 fully saturated rings. The Balaban J connectivity index is 2.04. The summed E-state index contributed by atoms with van der Waals surface area (Å²) < 4.78 is 27.4. The molecule has 0 spiro atoms. The number of para-hydroxylation sites is 1. The van der Waals surface area contributed by atoms with Gasteiger partial charge in [0.05, 0.1) is 5.69 Å². The molecule has 1 aromatic carbocycles. The fourth-order valence-electron chi connectivity index (χ4n) is 2.87. The molecule has 1 aromatic rings. The fraction of sp³-hybridized carbons (Fsp3) is 0.571. The van der Waals surface area contributed by atoms with Gasteiger partial charge in [0.1, 0.15) is 4.90 Å². The third kappa shape index (κ3) is 3.71. The lowest BCUT2D eigenvalue weighted by Crippen LogP contribution is -2.32. The van der Waals surface area contributed by atoms with Crippen molar-refractivity contribution in [3.05, 3.63) is 24.3 Å². The largest absolute Gasteiger partial charge is 0.323 e. The molecular formula is C14H23N3O2S. The molecule has 6 heteroatoms. The molecule has 1 saturated carbocycles. The minimum atomic E-state index is -3.51. The van der Waals surface area contributed by atoms with Crippen molar-refractivity contribution in [2.75, 3.05) is 12.0 Å². The minimum Gasteiger partial charge on any atom is -0.323 e. The Hall–Kier alpha value is -1.11. The molecule has 0 amide bonds. The van der Waals surface area contributed by atoms with Crippen molar-refractivity contribution >= 4 is 15.7 Å². The van der Waals surface area contributed by atoms with Gasteiger partial charge in [0.15, 0.2) is 0 Å². The van der Waals surface area contributed by atoms with E-state index in [1.165, 1.54) is 12.8 Å². The summed E-state index contributed by atoms with van der Waals surface area (Å²) >= 11 is 0. The van der Waals surface area contributed by atoms with Crippen LogP contribution in [0.2, 0.25) is 0 Å². The quantitative estimate of drug-likeness (QED) is 0.574. The number of hydrogen-bond donors (Lipinski definition) is 3. The van der Waals surface area contributed by atoms with Gasteiger partial charge in [-0.2, -0.15) is 0 Å². The molecule has 112 valence electrons. The molecule has 5 nitrogen and oxygen atoms in total. The summed E-state index contributed by atoms with van der Waals surface area (Å²) in [5.74, 6) is 6.49. The van der Waals surface area contributed by atoms with Crippen LogP contribution in [-0.2, 0) is 10.0 Å². The molecule has 0 radical (unpaired) electrons. The molecule has 2 rings (SSSR count). The summed E-state index contributed by atoms with van der Waals surface area (Å²) in [6, 6.07) is 6.65. The van der Waals surface area contributed by atoms with Crippen molar-refractivity contribution in [2.45, 2.75) is 37.5 Å². The van der Waals surface area contributed by atoms with E-state index >= 15 is 0 Å². The van der Waals surface area contributed by atoms with Gasteiger partial charge >= 0.3 is 0 Å². The van der Waals surface area contributed by atoms with Crippen LogP contribution in [0, 0.1) is 11.8 Å². The van der Waals surface area contributed by atoms with Crippen LogP contribution >= 0.6 is 0 Å². The van der Waals surface area contributed by atoms with Crippen LogP contribution in [0.3, 0.4) is 0 Å². The molecule has 4 N–H and O–H groups in total. The van der Waals surface area contributed by atoms with Crippen molar-refractivity contribution in [1.82, 2.24) is 4.72 Å². The molecule has 0 bridgehead atoms. The van der Waals surface area contributed by atoms with Gasteiger partial charge < -0.3 is 5.43 Å². The number of nitrogens with two attached hydrogens (primary N) is 1. The van der Waals surface area contributed by atoms with Crippen LogP contribution in [0.15, 0.2) is 29.2 Å². The monoisotopic (exact) mass is 297 g/mol. The van der Waals surface area contributed by atoms with Crippen molar-refractivity contribution in [2.24, 2.45) is 17.7 Å². The van der Waals surface area contributed by atoms with Crippen molar-refractivity contribution in [1.29, 1.82) is 0 Å². The lowest BCUT2D eigenvalue weighted by Gasteiger charge is -2.26. The Morgan fingerprint density at radius 1 is 1.30 bits per heavy atom. The van der Waals surface area contributed by atoms with Crippen molar-refractivity contribution in [3.8, 4) is 0 Å². The summed E-state index contributed by atoms with van der Waals surface area (Å²) in [6.45, 7) is 2.74. The molecule has 0 heterocycles. The Kier molecular flexibility index (Phi) is 5.01. The number of hydrazine groups is 1. The third-order valence-corrected chi connectivity index (χ3v) is 5.42. The van der Waals surface area contributed by atoms with E-state index in [9.17, 15) is 8.42 Å². The van der Waals surface area contributed by atoms with Crippen molar-refractivity contribution < 1.29 is 8.42 Å². The molecule has 0 aliphatic heterocycles. The van der Waals surface area contributed by atoms with Crippen LogP contribution in [0.1, 0.15) is 32.6 Å². The first-order valence-corrected chi connectivity index (χ1v) is 8.56. The standard InChI is InChI=1S/C14H23N3O2S/c1-11-5-4-6-12(9-11)10-16-20(18,19)14-8-3-2-7-13(14)17-15/h2-3,7-8,11-12,16-17H,4-6,9-10,15H2,1H3. The minimum absolute atomic E-state index is 0.200. The highest BCUT2D eigenvalue weighted by Gasteiger charge is 2.23. The van der Waals surface area contributed by atoms with Crippen LogP contribution in [0.25, 0.3) is 0 Å². The van der Waals surface area contributed by atoms with E-state index < -0.39 is 10.0 Å². The number of hydrogen-bond acceptors (Lipinski definition) is 4. The van der Waals surface area contributed by atoms with Crippen molar-refractivity contribution in [3.63, 3.8) is 0 Å². The first-order valence-electron chi connectivity index (χ1n) is 7.08. The van der Waals surface area contributed by atoms with Gasteiger partial charge in [0, 0.05) is 6.54 Å². The summed E-state index contributed by atoms with van der Waals surface area (Å²) in [4.78, 5) is 0.200. The number of anilines is 1. The molecule has 0 aromatic heterocycles. The Morgan fingerprint density at radius 2 is 2.05 bits per heavy atom. The van der Waals surface area contributed by atoms with Crippen LogP contribution in [0.4, 0.5) is 5.69 Å². The molecule has 1 aliphatic carbocycles. The zero-order chi connectivity index (χ0) is 14.6. The normalized spacial score (nSPS) is 23.5. The third-order valence-electron chi connectivity index (χ3n) is 3.94. The van der Waals surface area contributed by atoms with Gasteiger partial charge in [-0.3, -0.25) is 5.84 Å². The smallest absolute Gasteiger partial charge is 0.242 e. The second kappa shape index (κ2) is 6.56. The lowest BCUT2D eigenvalue weighted by atomic mass is 9.83. The lowest BCUT2D eigenvalue weighted by molar-refractivity contribution is 0.283. The van der Waals surface area contributed by atoms with E-state index in [1.807, 2.05) is 0 Å². The number of nitrogen functional groups attached to an aromatic ring is 1. The predicted octanol–water partition coefficient (Wildman–Crippen LogP) is 2.08. The Labute approximate surface area is 121 Å². The van der Waals surface area contributed by atoms with Gasteiger partial charge in [-0.1, -0.05) is 31.9 Å². The van der Waals surface area contributed by atoms with Crippen LogP contribution < -0.4 is 16.0 Å². The summed E-state index contributed by atoms with van der Waals surface area (Å²) in [5.41, 5.74) is 2.84. The second-order valence-corrected chi connectivity index (χ2v) is 7.37. The molecule has 20 heavy (non-hydrogen) atoms. The number of rotatable bonds is 5. The van der Waals surface area contributed by atoms with Crippen LogP contribution in [-0.4, -0.2) is 15.0 Å². The van der Waals surface area contributed by atoms with E-state index in [2.05, 4.69) is 17.1 Å². The molecule has 1 aliphatic rings. The average Bonchev–Trinajstić information content (AvgIpc) is 2.45. The zero-order valence-electron chi connectivity index (χ0n) is 11.8. The zero-order valence-corrected chi connectivity index (χ0v) is 12.6. The van der Waals surface area contributed by atoms with Gasteiger partial charge in [-0.15, -0.1) is 0 Å². The maximum absolute atomic E-state index is 12.3. The summed E-state index contributed by atoms with van der Waals surface area (Å²) in [6.07, 6.45) is 4.64. The number of benzene rings is 1. The maximum atomic E-state index is 12.3. The van der Waals surface area contributed by atoms with E-state index in [1.54, 1.807) is 24.3 Å². The number of nitrogens with one attached hydrogen (secondary N) is 2. The van der Waals surface area contributed by atoms with Gasteiger partial charge in [0.25, 0.3) is 0 Å². The maximum Gasteiger partial charge on any atom is 0.242 e. The summed E-state index contributed by atoms with van der Waals surface area (Å²) in [7, 11) is -3.51. The SMILES string of the molecule is CC1CCCC(CNS(=O)(=O)c2ccccc2NN)C1. The van der Waals surface area contributed by atoms with Gasteiger partial charge in [0.2, 0.25) is 10.0 Å². The van der Waals surface area contributed by atoms with E-state index in [0.29, 0.717) is 24.1 Å². The summed E-state index contributed by atoms with van der Waals surface area (Å²) in [5, 5.41) is 0. The Bertz CT molecular complexity index is 545. The molecule has 2 unspecified atom stereocenters. The molecule has 0 saturated heterocycles. The molecular weight excluding hydrogens is 274 g/mol. The van der Waals surface area contributed by atoms with E-state index in [4.69, 9.17) is 5.84 Å². The average molecular weight is 297 g/mol. The predicted molar refractivity (Wildman–Crippen MR) is 80.6 cm³/mol. The topological polar surface area (TPSA) is 84.2 Å². The van der Waals surface area contributed by atoms with Gasteiger partial charge in [-0.25, -0.2) is 13.1 Å². The molecule has 2 atom stereocenters.